The van der Waals surface area contributed by atoms with E-state index in [1.807, 2.05) is 44.2 Å². The van der Waals surface area contributed by atoms with Crippen molar-refractivity contribution >= 4 is 17.0 Å². The van der Waals surface area contributed by atoms with Gasteiger partial charge >= 0.3 is 5.97 Å². The summed E-state index contributed by atoms with van der Waals surface area (Å²) < 4.78 is 7.21. The third-order valence-corrected chi connectivity index (χ3v) is 4.44. The predicted octanol–water partition coefficient (Wildman–Crippen LogP) is 3.29. The van der Waals surface area contributed by atoms with E-state index in [-0.39, 0.29) is 19.1 Å². The van der Waals surface area contributed by atoms with Gasteiger partial charge in [0.05, 0.1) is 24.6 Å². The van der Waals surface area contributed by atoms with E-state index < -0.39 is 12.1 Å². The van der Waals surface area contributed by atoms with Gasteiger partial charge in [-0.2, -0.15) is 5.10 Å². The normalized spacial score (nSPS) is 12.6. The molecule has 0 bridgehead atoms. The second-order valence-corrected chi connectivity index (χ2v) is 7.05. The summed E-state index contributed by atoms with van der Waals surface area (Å²) in [6.07, 6.45) is 4.22. The van der Waals surface area contributed by atoms with Crippen LogP contribution < -0.4 is 0 Å². The molecule has 0 aliphatic rings. The quantitative estimate of drug-likeness (QED) is 0.588. The van der Waals surface area contributed by atoms with Crippen molar-refractivity contribution in [2.75, 3.05) is 6.61 Å². The van der Waals surface area contributed by atoms with Crippen LogP contribution in [0.4, 0.5) is 0 Å². The number of ether oxygens (including phenoxy) is 1. The lowest BCUT2D eigenvalue weighted by atomic mass is 10.1. The van der Waals surface area contributed by atoms with Crippen LogP contribution in [0.2, 0.25) is 0 Å². The molecule has 0 saturated carbocycles. The van der Waals surface area contributed by atoms with E-state index in [0.29, 0.717) is 17.6 Å². The molecule has 148 valence electrons. The number of benzene rings is 1. The number of nitrogens with zero attached hydrogens (tertiary/aromatic N) is 3. The molecule has 0 amide bonds. The van der Waals surface area contributed by atoms with Gasteiger partial charge in [-0.1, -0.05) is 12.1 Å². The molecule has 2 N–H and O–H groups in total. The van der Waals surface area contributed by atoms with Crippen LogP contribution in [0.15, 0.2) is 42.7 Å². The molecule has 0 unspecified atom stereocenters. The molecule has 1 aromatic carbocycles. The van der Waals surface area contributed by atoms with Crippen LogP contribution in [0.25, 0.3) is 16.7 Å². The number of aliphatic hydroxyl groups is 1. The van der Waals surface area contributed by atoms with Crippen LogP contribution in [0.1, 0.15) is 43.9 Å². The Labute approximate surface area is 163 Å². The van der Waals surface area contributed by atoms with Crippen LogP contribution in [0, 0.1) is 0 Å². The van der Waals surface area contributed by atoms with Gasteiger partial charge in [-0.3, -0.25) is 4.79 Å². The summed E-state index contributed by atoms with van der Waals surface area (Å²) in [5.41, 5.74) is 3.37. The molecule has 2 heterocycles. The maximum Gasteiger partial charge on any atom is 0.303 e. The van der Waals surface area contributed by atoms with Gasteiger partial charge < -0.3 is 14.9 Å². The Morgan fingerprint density at radius 3 is 2.64 bits per heavy atom. The predicted molar refractivity (Wildman–Crippen MR) is 105 cm³/mol. The lowest BCUT2D eigenvalue weighted by Gasteiger charge is -2.13. The van der Waals surface area contributed by atoms with Crippen molar-refractivity contribution in [2.45, 2.75) is 45.3 Å². The van der Waals surface area contributed by atoms with Crippen LogP contribution >= 0.6 is 0 Å². The standard InChI is InChI=1S/C21H25N3O4/c1-14(2)28-13-19(25)16-10-17-12-23-24(21(17)22-11-16)18-8-6-15(7-9-18)4-3-5-20(26)27/h6-12,14,19,25H,3-5,13H2,1-2H3,(H,26,27)/t19-/m0/s1. The molecule has 7 nitrogen and oxygen atoms in total. The zero-order valence-corrected chi connectivity index (χ0v) is 16.1. The Morgan fingerprint density at radius 1 is 1.21 bits per heavy atom. The van der Waals surface area contributed by atoms with Gasteiger partial charge in [0.2, 0.25) is 0 Å². The molecular weight excluding hydrogens is 358 g/mol. The molecule has 0 fully saturated rings. The summed E-state index contributed by atoms with van der Waals surface area (Å²) in [4.78, 5) is 15.1. The minimum Gasteiger partial charge on any atom is -0.481 e. The number of aryl methyl sites for hydroxylation is 1. The smallest absolute Gasteiger partial charge is 0.303 e. The molecule has 0 aliphatic heterocycles. The fraction of sp³-hybridized carbons (Fsp3) is 0.381. The number of aromatic nitrogens is 3. The summed E-state index contributed by atoms with van der Waals surface area (Å²) in [5.74, 6) is -0.772. The number of carbonyl (C=O) groups is 1. The van der Waals surface area contributed by atoms with Crippen molar-refractivity contribution in [3.63, 3.8) is 0 Å². The number of aliphatic hydroxyl groups excluding tert-OH is 1. The van der Waals surface area contributed by atoms with Crippen molar-refractivity contribution in [2.24, 2.45) is 0 Å². The van der Waals surface area contributed by atoms with E-state index in [2.05, 4.69) is 10.1 Å². The minimum atomic E-state index is -0.772. The molecule has 2 aromatic heterocycles. The molecule has 0 saturated heterocycles. The highest BCUT2D eigenvalue weighted by Crippen LogP contribution is 2.21. The first-order chi connectivity index (χ1) is 13.4. The first-order valence-corrected chi connectivity index (χ1v) is 9.38. The molecule has 0 spiro atoms. The van der Waals surface area contributed by atoms with Crippen molar-refractivity contribution < 1.29 is 19.7 Å². The highest BCUT2D eigenvalue weighted by molar-refractivity contribution is 5.76. The molecular formula is C21H25N3O4. The average molecular weight is 383 g/mol. The third-order valence-electron chi connectivity index (χ3n) is 4.44. The molecule has 3 aromatic rings. The zero-order valence-electron chi connectivity index (χ0n) is 16.1. The van der Waals surface area contributed by atoms with E-state index in [1.54, 1.807) is 17.1 Å². The second-order valence-electron chi connectivity index (χ2n) is 7.05. The Bertz CT molecular complexity index is 934. The van der Waals surface area contributed by atoms with Gasteiger partial charge in [0, 0.05) is 23.6 Å². The highest BCUT2D eigenvalue weighted by atomic mass is 16.5. The SMILES string of the molecule is CC(C)OC[C@H](O)c1cnc2c(cnn2-c2ccc(CCCC(=O)O)cc2)c1. The topological polar surface area (TPSA) is 97.5 Å². The minimum absolute atomic E-state index is 0.0567. The van der Waals surface area contributed by atoms with E-state index in [4.69, 9.17) is 9.84 Å². The first-order valence-electron chi connectivity index (χ1n) is 9.38. The lowest BCUT2D eigenvalue weighted by molar-refractivity contribution is -0.137. The zero-order chi connectivity index (χ0) is 20.1. The van der Waals surface area contributed by atoms with Crippen LogP contribution in [0.3, 0.4) is 0 Å². The van der Waals surface area contributed by atoms with Crippen LogP contribution in [0.5, 0.6) is 0 Å². The summed E-state index contributed by atoms with van der Waals surface area (Å²) in [7, 11) is 0. The Kier molecular flexibility index (Phi) is 6.38. The highest BCUT2D eigenvalue weighted by Gasteiger charge is 2.13. The summed E-state index contributed by atoms with van der Waals surface area (Å²) in [5, 5.41) is 24.2. The number of hydrogen-bond donors (Lipinski definition) is 2. The van der Waals surface area contributed by atoms with Gasteiger partial charge in [0.25, 0.3) is 0 Å². The van der Waals surface area contributed by atoms with Crippen molar-refractivity contribution in [3.8, 4) is 5.69 Å². The van der Waals surface area contributed by atoms with Gasteiger partial charge in [0.1, 0.15) is 6.10 Å². The van der Waals surface area contributed by atoms with E-state index in [0.717, 1.165) is 23.1 Å². The Hall–Kier alpha value is -2.77. The maximum atomic E-state index is 10.6. The first kappa shape index (κ1) is 20.0. The molecule has 1 atom stereocenters. The molecule has 28 heavy (non-hydrogen) atoms. The number of aliphatic carboxylic acids is 1. The summed E-state index contributed by atoms with van der Waals surface area (Å²) >= 11 is 0. The Morgan fingerprint density at radius 2 is 1.96 bits per heavy atom. The van der Waals surface area contributed by atoms with E-state index >= 15 is 0 Å². The monoisotopic (exact) mass is 383 g/mol. The molecule has 0 radical (unpaired) electrons. The third kappa shape index (κ3) is 4.94. The number of rotatable bonds is 9. The lowest BCUT2D eigenvalue weighted by Crippen LogP contribution is -2.12. The fourth-order valence-corrected chi connectivity index (χ4v) is 2.94. The summed E-state index contributed by atoms with van der Waals surface area (Å²) in [6, 6.07) is 9.73. The number of pyridine rings is 1. The largest absolute Gasteiger partial charge is 0.481 e. The number of carboxylic acids is 1. The molecule has 3 rings (SSSR count). The number of hydrogen-bond acceptors (Lipinski definition) is 5. The molecule has 0 aliphatic carbocycles. The van der Waals surface area contributed by atoms with E-state index in [9.17, 15) is 9.90 Å². The van der Waals surface area contributed by atoms with Gasteiger partial charge in [-0.15, -0.1) is 0 Å². The number of carboxylic acid groups (broad SMARTS) is 1. The Balaban J connectivity index is 1.74. The van der Waals surface area contributed by atoms with Crippen LogP contribution in [-0.2, 0) is 16.0 Å². The van der Waals surface area contributed by atoms with Gasteiger partial charge in [-0.25, -0.2) is 9.67 Å². The fourth-order valence-electron chi connectivity index (χ4n) is 2.94. The maximum absolute atomic E-state index is 10.6. The molecule has 7 heteroatoms. The average Bonchev–Trinajstić information content (AvgIpc) is 3.09. The second kappa shape index (κ2) is 8.95. The summed E-state index contributed by atoms with van der Waals surface area (Å²) in [6.45, 7) is 4.08. The van der Waals surface area contributed by atoms with E-state index in [1.165, 1.54) is 0 Å². The number of fused-ring (bicyclic) bond motifs is 1. The van der Waals surface area contributed by atoms with Crippen molar-refractivity contribution in [1.82, 2.24) is 14.8 Å². The van der Waals surface area contributed by atoms with Gasteiger partial charge in [0.15, 0.2) is 5.65 Å². The van der Waals surface area contributed by atoms with Crippen molar-refractivity contribution in [1.29, 1.82) is 0 Å². The van der Waals surface area contributed by atoms with Crippen molar-refractivity contribution in [3.05, 3.63) is 53.9 Å². The van der Waals surface area contributed by atoms with Crippen LogP contribution in [-0.4, -0.2) is 43.7 Å². The van der Waals surface area contributed by atoms with Gasteiger partial charge in [-0.05, 0) is 50.5 Å².